The minimum Gasteiger partial charge on any atom is -0.468 e. The van der Waals surface area contributed by atoms with Gasteiger partial charge in [0.2, 0.25) is 0 Å². The maximum atomic E-state index is 11.3. The number of nitrogens with zero attached hydrogens (tertiary/aromatic N) is 2. The second-order valence-electron chi connectivity index (χ2n) is 5.78. The smallest absolute Gasteiger partial charge is 0.319 e. The molecule has 1 aromatic carbocycles. The highest BCUT2D eigenvalue weighted by molar-refractivity contribution is 9.10. The average molecular weight is 371 g/mol. The van der Waals surface area contributed by atoms with E-state index in [4.69, 9.17) is 4.74 Å². The van der Waals surface area contributed by atoms with Gasteiger partial charge in [0, 0.05) is 30.7 Å². The third-order valence-electron chi connectivity index (χ3n) is 4.42. The number of esters is 1. The lowest BCUT2D eigenvalue weighted by molar-refractivity contribution is -0.142. The zero-order valence-corrected chi connectivity index (χ0v) is 14.7. The molecule has 1 aromatic rings. The predicted molar refractivity (Wildman–Crippen MR) is 88.6 cm³/mol. The maximum absolute atomic E-state index is 11.3. The molecule has 0 radical (unpaired) electrons. The van der Waals surface area contributed by atoms with Crippen molar-refractivity contribution in [2.75, 3.05) is 46.4 Å². The molecule has 1 fully saturated rings. The van der Waals surface area contributed by atoms with E-state index in [9.17, 15) is 9.90 Å². The average Bonchev–Trinajstić information content (AvgIpc) is 2.55. The highest BCUT2D eigenvalue weighted by Crippen LogP contribution is 2.29. The monoisotopic (exact) mass is 370 g/mol. The number of hydrogen-bond acceptors (Lipinski definition) is 5. The molecule has 22 heavy (non-hydrogen) atoms. The number of methoxy groups -OCH3 is 1. The highest BCUT2D eigenvalue weighted by atomic mass is 79.9. The largest absolute Gasteiger partial charge is 0.468 e. The molecule has 1 saturated heterocycles. The van der Waals surface area contributed by atoms with Crippen LogP contribution >= 0.6 is 15.9 Å². The summed E-state index contributed by atoms with van der Waals surface area (Å²) in [7, 11) is 1.41. The molecule has 0 spiro atoms. The molecule has 1 aliphatic rings. The number of hydrogen-bond donors (Lipinski definition) is 1. The summed E-state index contributed by atoms with van der Waals surface area (Å²) in [5.41, 5.74) is 0.692. The van der Waals surface area contributed by atoms with E-state index in [2.05, 4.69) is 32.7 Å². The van der Waals surface area contributed by atoms with Gasteiger partial charge in [-0.15, -0.1) is 0 Å². The Morgan fingerprint density at radius 2 is 1.86 bits per heavy atom. The number of ether oxygens (including phenoxy) is 1. The molecule has 1 atom stereocenters. The van der Waals surface area contributed by atoms with Crippen molar-refractivity contribution in [1.29, 1.82) is 0 Å². The minimum atomic E-state index is -0.405. The van der Waals surface area contributed by atoms with Crippen LogP contribution in [-0.2, 0) is 15.1 Å². The normalized spacial score (nSPS) is 19.6. The molecule has 1 N–H and O–H groups in total. The van der Waals surface area contributed by atoms with Gasteiger partial charge >= 0.3 is 5.97 Å². The molecule has 0 bridgehead atoms. The Balaban J connectivity index is 2.04. The van der Waals surface area contributed by atoms with E-state index < -0.39 is 5.54 Å². The van der Waals surface area contributed by atoms with E-state index in [1.807, 2.05) is 24.3 Å². The maximum Gasteiger partial charge on any atom is 0.319 e. The van der Waals surface area contributed by atoms with Crippen molar-refractivity contribution in [3.63, 3.8) is 0 Å². The highest BCUT2D eigenvalue weighted by Gasteiger charge is 2.35. The van der Waals surface area contributed by atoms with Crippen LogP contribution in [0.2, 0.25) is 0 Å². The Morgan fingerprint density at radius 3 is 2.36 bits per heavy atom. The standard InChI is InChI=1S/C16H23BrN2O3/c1-16(12-20,13-3-5-14(17)6-4-13)19-9-7-18(8-10-19)11-15(21)22-2/h3-6,20H,7-12H2,1-2H3. The summed E-state index contributed by atoms with van der Waals surface area (Å²) in [5, 5.41) is 9.97. The number of carbonyl (C=O) groups excluding carboxylic acids is 1. The Morgan fingerprint density at radius 1 is 1.27 bits per heavy atom. The van der Waals surface area contributed by atoms with Crippen LogP contribution in [0.5, 0.6) is 0 Å². The Bertz CT molecular complexity index is 501. The van der Waals surface area contributed by atoms with E-state index in [0.29, 0.717) is 6.54 Å². The van der Waals surface area contributed by atoms with Crippen molar-refractivity contribution >= 4 is 21.9 Å². The molecule has 1 heterocycles. The number of rotatable bonds is 5. The first-order chi connectivity index (χ1) is 10.5. The van der Waals surface area contributed by atoms with Crippen LogP contribution in [0.1, 0.15) is 12.5 Å². The van der Waals surface area contributed by atoms with Crippen LogP contribution in [0.4, 0.5) is 0 Å². The first-order valence-electron chi connectivity index (χ1n) is 7.40. The van der Waals surface area contributed by atoms with Gasteiger partial charge in [0.05, 0.1) is 25.8 Å². The van der Waals surface area contributed by atoms with Crippen LogP contribution in [0.25, 0.3) is 0 Å². The fourth-order valence-corrected chi connectivity index (χ4v) is 3.09. The number of carbonyl (C=O) groups is 1. The SMILES string of the molecule is COC(=O)CN1CCN(C(C)(CO)c2ccc(Br)cc2)CC1. The van der Waals surface area contributed by atoms with Crippen LogP contribution < -0.4 is 0 Å². The quantitative estimate of drug-likeness (QED) is 0.795. The minimum absolute atomic E-state index is 0.0611. The number of aliphatic hydroxyl groups is 1. The molecular weight excluding hydrogens is 348 g/mol. The molecule has 0 amide bonds. The molecule has 1 unspecified atom stereocenters. The zero-order valence-electron chi connectivity index (χ0n) is 13.1. The molecular formula is C16H23BrN2O3. The number of piperazine rings is 1. The lowest BCUT2D eigenvalue weighted by Crippen LogP contribution is -2.56. The van der Waals surface area contributed by atoms with Gasteiger partial charge in [-0.1, -0.05) is 28.1 Å². The van der Waals surface area contributed by atoms with Gasteiger partial charge in [0.15, 0.2) is 0 Å². The van der Waals surface area contributed by atoms with Gasteiger partial charge < -0.3 is 9.84 Å². The van der Waals surface area contributed by atoms with E-state index in [1.165, 1.54) is 7.11 Å². The van der Waals surface area contributed by atoms with Gasteiger partial charge in [0.25, 0.3) is 0 Å². The van der Waals surface area contributed by atoms with E-state index >= 15 is 0 Å². The van der Waals surface area contributed by atoms with Crippen molar-refractivity contribution in [1.82, 2.24) is 9.80 Å². The summed E-state index contributed by atoms with van der Waals surface area (Å²) in [4.78, 5) is 15.7. The summed E-state index contributed by atoms with van der Waals surface area (Å²) < 4.78 is 5.74. The number of halogens is 1. The van der Waals surface area contributed by atoms with Gasteiger partial charge in [-0.3, -0.25) is 14.6 Å². The third-order valence-corrected chi connectivity index (χ3v) is 4.95. The van der Waals surface area contributed by atoms with E-state index in [0.717, 1.165) is 36.2 Å². The number of benzene rings is 1. The van der Waals surface area contributed by atoms with E-state index in [-0.39, 0.29) is 12.6 Å². The predicted octanol–water partition coefficient (Wildman–Crippen LogP) is 1.45. The van der Waals surface area contributed by atoms with Crippen LogP contribution in [0.3, 0.4) is 0 Å². The number of aliphatic hydroxyl groups excluding tert-OH is 1. The van der Waals surface area contributed by atoms with Gasteiger partial charge in [-0.25, -0.2) is 0 Å². The lowest BCUT2D eigenvalue weighted by atomic mass is 9.90. The molecule has 1 aliphatic heterocycles. The summed E-state index contributed by atoms with van der Waals surface area (Å²) in [6, 6.07) is 8.08. The van der Waals surface area contributed by atoms with Gasteiger partial charge in [-0.2, -0.15) is 0 Å². The Hall–Kier alpha value is -0.950. The fraction of sp³-hybridized carbons (Fsp3) is 0.562. The molecule has 5 nitrogen and oxygen atoms in total. The van der Waals surface area contributed by atoms with Crippen molar-refractivity contribution in [2.45, 2.75) is 12.5 Å². The van der Waals surface area contributed by atoms with Gasteiger partial charge in [0.1, 0.15) is 0 Å². The molecule has 122 valence electrons. The van der Waals surface area contributed by atoms with Crippen LogP contribution in [-0.4, -0.2) is 67.3 Å². The van der Waals surface area contributed by atoms with Gasteiger partial charge in [-0.05, 0) is 24.6 Å². The van der Waals surface area contributed by atoms with Crippen molar-refractivity contribution in [3.8, 4) is 0 Å². The summed E-state index contributed by atoms with van der Waals surface area (Å²) in [6.45, 7) is 5.66. The second kappa shape index (κ2) is 7.55. The van der Waals surface area contributed by atoms with Crippen molar-refractivity contribution in [2.24, 2.45) is 0 Å². The Labute approximate surface area is 140 Å². The molecule has 0 saturated carbocycles. The first kappa shape index (κ1) is 17.4. The van der Waals surface area contributed by atoms with Crippen LogP contribution in [0, 0.1) is 0 Å². The second-order valence-corrected chi connectivity index (χ2v) is 6.69. The lowest BCUT2D eigenvalue weighted by Gasteiger charge is -2.45. The zero-order chi connectivity index (χ0) is 16.2. The molecule has 0 aromatic heterocycles. The van der Waals surface area contributed by atoms with E-state index in [1.54, 1.807) is 0 Å². The van der Waals surface area contributed by atoms with Crippen molar-refractivity contribution < 1.29 is 14.6 Å². The fourth-order valence-electron chi connectivity index (χ4n) is 2.83. The van der Waals surface area contributed by atoms with Crippen LogP contribution in [0.15, 0.2) is 28.7 Å². The topological polar surface area (TPSA) is 53.0 Å². The Kier molecular flexibility index (Phi) is 5.97. The molecule has 0 aliphatic carbocycles. The molecule has 6 heteroatoms. The first-order valence-corrected chi connectivity index (χ1v) is 8.20. The summed E-state index contributed by atoms with van der Waals surface area (Å²) in [6.07, 6.45) is 0. The third kappa shape index (κ3) is 3.87. The van der Waals surface area contributed by atoms with Crippen molar-refractivity contribution in [3.05, 3.63) is 34.3 Å². The molecule has 2 rings (SSSR count). The summed E-state index contributed by atoms with van der Waals surface area (Å²) in [5.74, 6) is -0.203. The summed E-state index contributed by atoms with van der Waals surface area (Å²) >= 11 is 3.44.